The summed E-state index contributed by atoms with van der Waals surface area (Å²) < 4.78 is 0. The number of amides is 1. The highest BCUT2D eigenvalue weighted by Gasteiger charge is 2.16. The standard InChI is InChI=1S/C17H15NO3/c1-2-7-12-10-6-11-14(17(20)21)15(12)18-16(19)13-8-4-3-5-9-13/h2-6,8-11H,1,7H2,(H,18,19)(H,20,21). The zero-order valence-electron chi connectivity index (χ0n) is 11.4. The molecule has 0 unspecified atom stereocenters. The van der Waals surface area contributed by atoms with Crippen LogP contribution >= 0.6 is 0 Å². The van der Waals surface area contributed by atoms with Crippen molar-refractivity contribution in [3.05, 3.63) is 77.9 Å². The van der Waals surface area contributed by atoms with Crippen LogP contribution in [0.3, 0.4) is 0 Å². The number of anilines is 1. The number of benzene rings is 2. The molecule has 0 aliphatic carbocycles. The van der Waals surface area contributed by atoms with Crippen molar-refractivity contribution in [1.29, 1.82) is 0 Å². The lowest BCUT2D eigenvalue weighted by molar-refractivity contribution is 0.0698. The van der Waals surface area contributed by atoms with Gasteiger partial charge >= 0.3 is 5.97 Å². The molecule has 2 N–H and O–H groups in total. The summed E-state index contributed by atoms with van der Waals surface area (Å²) in [4.78, 5) is 23.5. The van der Waals surface area contributed by atoms with E-state index in [4.69, 9.17) is 0 Å². The zero-order valence-corrected chi connectivity index (χ0v) is 11.4. The van der Waals surface area contributed by atoms with Gasteiger partial charge in [0, 0.05) is 5.56 Å². The van der Waals surface area contributed by atoms with E-state index < -0.39 is 5.97 Å². The normalized spacial score (nSPS) is 9.90. The van der Waals surface area contributed by atoms with Crippen molar-refractivity contribution < 1.29 is 14.7 Å². The van der Waals surface area contributed by atoms with Crippen molar-refractivity contribution >= 4 is 17.6 Å². The molecule has 2 rings (SSSR count). The number of rotatable bonds is 5. The van der Waals surface area contributed by atoms with E-state index >= 15 is 0 Å². The van der Waals surface area contributed by atoms with E-state index in [1.807, 2.05) is 6.07 Å². The lowest BCUT2D eigenvalue weighted by atomic mass is 10.0. The first kappa shape index (κ1) is 14.5. The summed E-state index contributed by atoms with van der Waals surface area (Å²) in [5, 5.41) is 12.0. The topological polar surface area (TPSA) is 66.4 Å². The van der Waals surface area contributed by atoms with E-state index in [1.165, 1.54) is 6.07 Å². The summed E-state index contributed by atoms with van der Waals surface area (Å²) in [5.74, 6) is -1.42. The fourth-order valence-electron chi connectivity index (χ4n) is 2.03. The third-order valence-corrected chi connectivity index (χ3v) is 3.02. The van der Waals surface area contributed by atoms with Crippen LogP contribution in [0.1, 0.15) is 26.3 Å². The lowest BCUT2D eigenvalue weighted by Gasteiger charge is -2.13. The first-order valence-corrected chi connectivity index (χ1v) is 6.46. The van der Waals surface area contributed by atoms with Gasteiger partial charge in [-0.05, 0) is 30.2 Å². The SMILES string of the molecule is C=CCc1cccc(C(=O)O)c1NC(=O)c1ccccc1. The van der Waals surface area contributed by atoms with Gasteiger partial charge in [-0.25, -0.2) is 4.79 Å². The highest BCUT2D eigenvalue weighted by Crippen LogP contribution is 2.23. The minimum absolute atomic E-state index is 0.0682. The zero-order chi connectivity index (χ0) is 15.2. The van der Waals surface area contributed by atoms with E-state index in [9.17, 15) is 14.7 Å². The lowest BCUT2D eigenvalue weighted by Crippen LogP contribution is -2.16. The van der Waals surface area contributed by atoms with Crippen molar-refractivity contribution in [2.45, 2.75) is 6.42 Å². The fraction of sp³-hybridized carbons (Fsp3) is 0.0588. The molecule has 0 aliphatic rings. The van der Waals surface area contributed by atoms with Gasteiger partial charge in [0.25, 0.3) is 5.91 Å². The number of aromatic carboxylic acids is 1. The maximum Gasteiger partial charge on any atom is 0.337 e. The van der Waals surface area contributed by atoms with Gasteiger partial charge in [0.1, 0.15) is 0 Å². The summed E-state index contributed by atoms with van der Waals surface area (Å²) in [6.45, 7) is 3.65. The minimum atomic E-state index is -1.08. The van der Waals surface area contributed by atoms with Gasteiger partial charge in [-0.1, -0.05) is 36.4 Å². The Hall–Kier alpha value is -2.88. The Morgan fingerprint density at radius 3 is 2.43 bits per heavy atom. The van der Waals surface area contributed by atoms with Crippen LogP contribution in [0.4, 0.5) is 5.69 Å². The summed E-state index contributed by atoms with van der Waals surface area (Å²) in [6, 6.07) is 13.6. The van der Waals surface area contributed by atoms with Gasteiger partial charge in [0.2, 0.25) is 0 Å². The predicted octanol–water partition coefficient (Wildman–Crippen LogP) is 3.37. The van der Waals surface area contributed by atoms with Gasteiger partial charge < -0.3 is 10.4 Å². The molecule has 21 heavy (non-hydrogen) atoms. The largest absolute Gasteiger partial charge is 0.478 e. The molecule has 0 aromatic heterocycles. The second-order valence-electron chi connectivity index (χ2n) is 4.46. The molecule has 106 valence electrons. The first-order chi connectivity index (χ1) is 10.1. The molecular formula is C17H15NO3. The van der Waals surface area contributed by atoms with Crippen molar-refractivity contribution in [1.82, 2.24) is 0 Å². The molecule has 2 aromatic carbocycles. The molecule has 0 radical (unpaired) electrons. The van der Waals surface area contributed by atoms with Gasteiger partial charge in [0.05, 0.1) is 11.3 Å². The molecule has 0 bridgehead atoms. The van der Waals surface area contributed by atoms with E-state index in [2.05, 4.69) is 11.9 Å². The maximum absolute atomic E-state index is 12.2. The number of nitrogens with one attached hydrogen (secondary N) is 1. The quantitative estimate of drug-likeness (QED) is 0.826. The average molecular weight is 281 g/mol. The van der Waals surface area contributed by atoms with E-state index in [0.717, 1.165) is 0 Å². The van der Waals surface area contributed by atoms with Gasteiger partial charge in [-0.3, -0.25) is 4.79 Å². The van der Waals surface area contributed by atoms with Crippen LogP contribution in [-0.4, -0.2) is 17.0 Å². The number of carbonyl (C=O) groups excluding carboxylic acids is 1. The van der Waals surface area contributed by atoms with Gasteiger partial charge in [-0.2, -0.15) is 0 Å². The number of hydrogen-bond donors (Lipinski definition) is 2. The Morgan fingerprint density at radius 2 is 1.81 bits per heavy atom. The van der Waals surface area contributed by atoms with Crippen LogP contribution in [0.25, 0.3) is 0 Å². The van der Waals surface area contributed by atoms with Crippen molar-refractivity contribution in [3.8, 4) is 0 Å². The predicted molar refractivity (Wildman–Crippen MR) is 81.7 cm³/mol. The van der Waals surface area contributed by atoms with E-state index in [-0.39, 0.29) is 11.5 Å². The fourth-order valence-corrected chi connectivity index (χ4v) is 2.03. The highest BCUT2D eigenvalue weighted by atomic mass is 16.4. The van der Waals surface area contributed by atoms with Crippen LogP contribution in [-0.2, 0) is 6.42 Å². The number of allylic oxidation sites excluding steroid dienone is 1. The van der Waals surface area contributed by atoms with Gasteiger partial charge in [0.15, 0.2) is 0 Å². The Kier molecular flexibility index (Phi) is 4.51. The summed E-state index contributed by atoms with van der Waals surface area (Å²) >= 11 is 0. The smallest absolute Gasteiger partial charge is 0.337 e. The molecule has 0 fully saturated rings. The molecule has 4 nitrogen and oxygen atoms in total. The number of carbonyl (C=O) groups is 2. The molecule has 0 saturated carbocycles. The molecular weight excluding hydrogens is 266 g/mol. The Labute approximate surface area is 122 Å². The van der Waals surface area contributed by atoms with Crippen LogP contribution in [0.5, 0.6) is 0 Å². The van der Waals surface area contributed by atoms with Gasteiger partial charge in [-0.15, -0.1) is 6.58 Å². The molecule has 0 atom stereocenters. The third-order valence-electron chi connectivity index (χ3n) is 3.02. The van der Waals surface area contributed by atoms with Crippen LogP contribution in [0.15, 0.2) is 61.2 Å². The Balaban J connectivity index is 2.40. The minimum Gasteiger partial charge on any atom is -0.478 e. The number of carboxylic acids is 1. The van der Waals surface area contributed by atoms with Crippen LogP contribution in [0, 0.1) is 0 Å². The van der Waals surface area contributed by atoms with Crippen molar-refractivity contribution in [2.24, 2.45) is 0 Å². The Morgan fingerprint density at radius 1 is 1.10 bits per heavy atom. The average Bonchev–Trinajstić information content (AvgIpc) is 2.49. The van der Waals surface area contributed by atoms with Crippen molar-refractivity contribution in [3.63, 3.8) is 0 Å². The second kappa shape index (κ2) is 6.52. The van der Waals surface area contributed by atoms with Crippen LogP contribution < -0.4 is 5.32 Å². The highest BCUT2D eigenvalue weighted by molar-refractivity contribution is 6.08. The van der Waals surface area contributed by atoms with E-state index in [0.29, 0.717) is 23.2 Å². The molecule has 2 aromatic rings. The molecule has 0 aliphatic heterocycles. The monoisotopic (exact) mass is 281 g/mol. The Bertz CT molecular complexity index is 678. The first-order valence-electron chi connectivity index (χ1n) is 6.46. The number of para-hydroxylation sites is 1. The van der Waals surface area contributed by atoms with Crippen LogP contribution in [0.2, 0.25) is 0 Å². The summed E-state index contributed by atoms with van der Waals surface area (Å²) in [6.07, 6.45) is 2.14. The van der Waals surface area contributed by atoms with Crippen molar-refractivity contribution in [2.75, 3.05) is 5.32 Å². The molecule has 1 amide bonds. The molecule has 0 saturated heterocycles. The molecule has 0 heterocycles. The molecule has 0 spiro atoms. The van der Waals surface area contributed by atoms with E-state index in [1.54, 1.807) is 42.5 Å². The maximum atomic E-state index is 12.2. The number of hydrogen-bond acceptors (Lipinski definition) is 2. The summed E-state index contributed by atoms with van der Waals surface area (Å²) in [7, 11) is 0. The molecule has 4 heteroatoms. The number of carboxylic acid groups (broad SMARTS) is 1. The second-order valence-corrected chi connectivity index (χ2v) is 4.46. The summed E-state index contributed by atoms with van der Waals surface area (Å²) in [5.41, 5.74) is 1.58. The third kappa shape index (κ3) is 3.36.